The second-order valence-corrected chi connectivity index (χ2v) is 10.7. The van der Waals surface area contributed by atoms with Gasteiger partial charge in [0.05, 0.1) is 34.2 Å². The first-order valence-electron chi connectivity index (χ1n) is 13.6. The van der Waals surface area contributed by atoms with E-state index in [1.165, 1.54) is 39.0 Å². The predicted molar refractivity (Wildman–Crippen MR) is 160 cm³/mol. The second-order valence-electron chi connectivity index (χ2n) is 10.7. The number of benzene rings is 3. The lowest BCUT2D eigenvalue weighted by Crippen LogP contribution is -2.23. The fourth-order valence-corrected chi connectivity index (χ4v) is 6.81. The highest BCUT2D eigenvalue weighted by atomic mass is 14.9. The van der Waals surface area contributed by atoms with Crippen molar-refractivity contribution in [3.63, 3.8) is 0 Å². The van der Waals surface area contributed by atoms with Gasteiger partial charge in [-0.2, -0.15) is 0 Å². The van der Waals surface area contributed by atoms with Crippen molar-refractivity contribution in [1.82, 2.24) is 0 Å². The molecular weight excluding hydrogens is 474 g/mol. The molecule has 0 saturated carbocycles. The van der Waals surface area contributed by atoms with Crippen molar-refractivity contribution in [2.45, 2.75) is 18.3 Å². The van der Waals surface area contributed by atoms with Crippen LogP contribution in [0.1, 0.15) is 40.5 Å². The number of fused-ring (bicyclic) bond motifs is 10. The quantitative estimate of drug-likeness (QED) is 0.341. The summed E-state index contributed by atoms with van der Waals surface area (Å²) in [4.78, 5) is 15.8. The lowest BCUT2D eigenvalue weighted by Gasteiger charge is -2.24. The molecule has 3 aromatic carbocycles. The highest BCUT2D eigenvalue weighted by Crippen LogP contribution is 2.54. The molecule has 3 heterocycles. The summed E-state index contributed by atoms with van der Waals surface area (Å²) >= 11 is 0. The van der Waals surface area contributed by atoms with Crippen molar-refractivity contribution in [1.29, 1.82) is 0 Å². The van der Waals surface area contributed by atoms with Crippen LogP contribution in [-0.2, 0) is 0 Å². The van der Waals surface area contributed by atoms with E-state index in [9.17, 15) is 0 Å². The van der Waals surface area contributed by atoms with Crippen molar-refractivity contribution in [3.8, 4) is 0 Å². The average Bonchev–Trinajstić information content (AvgIpc) is 3.68. The number of nitrogens with zero attached hydrogens (tertiary/aromatic N) is 3. The van der Waals surface area contributed by atoms with Crippen LogP contribution < -0.4 is 0 Å². The van der Waals surface area contributed by atoms with Gasteiger partial charge < -0.3 is 0 Å². The van der Waals surface area contributed by atoms with Gasteiger partial charge in [-0.05, 0) is 41.3 Å². The monoisotopic (exact) mass is 497 g/mol. The van der Waals surface area contributed by atoms with Gasteiger partial charge in [-0.15, -0.1) is 0 Å². The molecule has 3 aliphatic heterocycles. The minimum Gasteiger partial charge on any atom is -0.251 e. The van der Waals surface area contributed by atoms with E-state index >= 15 is 0 Å². The van der Waals surface area contributed by atoms with Gasteiger partial charge in [-0.3, -0.25) is 9.98 Å². The second kappa shape index (κ2) is 7.81. The highest BCUT2D eigenvalue weighted by Gasteiger charge is 2.42. The number of allylic oxidation sites excluding steroid dienone is 11. The third-order valence-corrected chi connectivity index (χ3v) is 8.57. The van der Waals surface area contributed by atoms with E-state index in [-0.39, 0.29) is 11.8 Å². The van der Waals surface area contributed by atoms with Crippen LogP contribution in [0.5, 0.6) is 0 Å². The Kier molecular flexibility index (Phi) is 4.22. The van der Waals surface area contributed by atoms with E-state index < -0.39 is 0 Å². The third kappa shape index (κ3) is 2.90. The van der Waals surface area contributed by atoms with E-state index in [4.69, 9.17) is 15.0 Å². The molecule has 0 spiro atoms. The third-order valence-electron chi connectivity index (χ3n) is 8.57. The van der Waals surface area contributed by atoms with Crippen LogP contribution in [-0.4, -0.2) is 17.1 Å². The van der Waals surface area contributed by atoms with Gasteiger partial charge in [0.25, 0.3) is 0 Å². The Morgan fingerprint density at radius 1 is 0.667 bits per heavy atom. The molecule has 0 amide bonds. The SMILES string of the molecule is C1=CCC2=C3C4=Nc5c(ccc6c5C5=CC=CC(c7ccccc7)C5=N6)C4=CC(c4ccccc4)C3=NC2=C1. The molecule has 0 fully saturated rings. The van der Waals surface area contributed by atoms with Crippen molar-refractivity contribution < 1.29 is 0 Å². The maximum atomic E-state index is 5.42. The van der Waals surface area contributed by atoms with E-state index in [1.54, 1.807) is 0 Å². The standard InChI is InChI=1S/C36H23N3/c1-3-10-21(11-4-1)23-15-9-16-26-31-30(38-33(23)26)19-18-24-28-20-27(22-12-5-2-6-13-22)35-32(36(28)39-34(24)31)25-14-7-8-17-29(25)37-35/h1-13,15-20,23,27H,14H2. The lowest BCUT2D eigenvalue weighted by atomic mass is 9.77. The Morgan fingerprint density at radius 2 is 1.46 bits per heavy atom. The summed E-state index contributed by atoms with van der Waals surface area (Å²) in [5.74, 6) is 0.243. The molecule has 39 heavy (non-hydrogen) atoms. The minimum absolute atomic E-state index is 0.0967. The Labute approximate surface area is 227 Å². The van der Waals surface area contributed by atoms with Crippen LogP contribution in [0.2, 0.25) is 0 Å². The number of aliphatic imine (C=N–C) groups is 3. The molecule has 3 nitrogen and oxygen atoms in total. The molecule has 182 valence electrons. The molecule has 0 saturated heterocycles. The molecule has 0 N–H and O–H groups in total. The normalized spacial score (nSPS) is 22.9. The first-order valence-corrected chi connectivity index (χ1v) is 13.6. The zero-order chi connectivity index (χ0) is 25.5. The van der Waals surface area contributed by atoms with Gasteiger partial charge >= 0.3 is 0 Å². The fraction of sp³-hybridized carbons (Fsp3) is 0.0833. The van der Waals surface area contributed by atoms with Crippen LogP contribution in [0.3, 0.4) is 0 Å². The number of hydrogen-bond acceptors (Lipinski definition) is 3. The summed E-state index contributed by atoms with van der Waals surface area (Å²) in [7, 11) is 0. The van der Waals surface area contributed by atoms with Gasteiger partial charge in [0.1, 0.15) is 0 Å². The van der Waals surface area contributed by atoms with Gasteiger partial charge in [0, 0.05) is 39.7 Å². The van der Waals surface area contributed by atoms with Crippen molar-refractivity contribution in [3.05, 3.63) is 154 Å². The largest absolute Gasteiger partial charge is 0.251 e. The Hall–Kier alpha value is -4.89. The molecule has 3 aromatic rings. The first-order chi connectivity index (χ1) is 19.3. The highest BCUT2D eigenvalue weighted by molar-refractivity contribution is 6.49. The summed E-state index contributed by atoms with van der Waals surface area (Å²) in [6.07, 6.45) is 16.4. The Balaban J connectivity index is 1.24. The van der Waals surface area contributed by atoms with Gasteiger partial charge in [-0.25, -0.2) is 4.99 Å². The molecule has 2 atom stereocenters. The summed E-state index contributed by atoms with van der Waals surface area (Å²) in [6, 6.07) is 25.8. The molecule has 6 aliphatic rings. The fourth-order valence-electron chi connectivity index (χ4n) is 6.81. The molecule has 9 rings (SSSR count). The van der Waals surface area contributed by atoms with E-state index in [0.29, 0.717) is 0 Å². The molecule has 0 bridgehead atoms. The smallest absolute Gasteiger partial charge is 0.0817 e. The van der Waals surface area contributed by atoms with Gasteiger partial charge in [0.15, 0.2) is 0 Å². The molecule has 3 heteroatoms. The van der Waals surface area contributed by atoms with Crippen LogP contribution in [0.4, 0.5) is 11.4 Å². The van der Waals surface area contributed by atoms with E-state index in [1.807, 2.05) is 0 Å². The summed E-state index contributed by atoms with van der Waals surface area (Å²) in [5, 5.41) is 0. The van der Waals surface area contributed by atoms with E-state index in [2.05, 4.69) is 115 Å². The van der Waals surface area contributed by atoms with Crippen molar-refractivity contribution in [2.24, 2.45) is 15.0 Å². The lowest BCUT2D eigenvalue weighted by molar-refractivity contribution is 1.13. The topological polar surface area (TPSA) is 37.1 Å². The molecule has 3 aliphatic carbocycles. The van der Waals surface area contributed by atoms with Crippen LogP contribution in [0.25, 0.3) is 11.1 Å². The van der Waals surface area contributed by atoms with Crippen LogP contribution >= 0.6 is 0 Å². The van der Waals surface area contributed by atoms with E-state index in [0.717, 1.165) is 46.2 Å². The summed E-state index contributed by atoms with van der Waals surface area (Å²) in [5.41, 5.74) is 16.3. The molecule has 2 unspecified atom stereocenters. The van der Waals surface area contributed by atoms with Gasteiger partial charge in [-0.1, -0.05) is 97.1 Å². The minimum atomic E-state index is 0.0967. The zero-order valence-electron chi connectivity index (χ0n) is 21.2. The van der Waals surface area contributed by atoms with Gasteiger partial charge in [0.2, 0.25) is 0 Å². The van der Waals surface area contributed by atoms with Crippen molar-refractivity contribution >= 4 is 39.7 Å². The Bertz CT molecular complexity index is 1900. The molecule has 0 radical (unpaired) electrons. The predicted octanol–water partition coefficient (Wildman–Crippen LogP) is 8.37. The van der Waals surface area contributed by atoms with Crippen LogP contribution in [0.15, 0.2) is 147 Å². The zero-order valence-corrected chi connectivity index (χ0v) is 21.2. The molecular formula is C36H23N3. The summed E-state index contributed by atoms with van der Waals surface area (Å²) in [6.45, 7) is 0. The average molecular weight is 498 g/mol. The first kappa shape index (κ1) is 21.1. The maximum Gasteiger partial charge on any atom is 0.0817 e. The maximum absolute atomic E-state index is 5.42. The Morgan fingerprint density at radius 3 is 2.28 bits per heavy atom. The molecule has 0 aromatic heterocycles. The van der Waals surface area contributed by atoms with Crippen LogP contribution in [0, 0.1) is 0 Å². The number of rotatable bonds is 2. The van der Waals surface area contributed by atoms with Crippen molar-refractivity contribution in [2.75, 3.05) is 0 Å². The summed E-state index contributed by atoms with van der Waals surface area (Å²) < 4.78 is 0. The number of hydrogen-bond donors (Lipinski definition) is 0.